The van der Waals surface area contributed by atoms with Gasteiger partial charge in [0, 0.05) is 18.1 Å². The fraction of sp³-hybridized carbons (Fsp3) is 0.118. The molecule has 3 nitrogen and oxygen atoms in total. The van der Waals surface area contributed by atoms with Crippen molar-refractivity contribution in [2.24, 2.45) is 0 Å². The summed E-state index contributed by atoms with van der Waals surface area (Å²) in [7, 11) is 1.65. The van der Waals surface area contributed by atoms with Gasteiger partial charge in [0.2, 0.25) is 5.91 Å². The normalized spacial score (nSPS) is 12.9. The zero-order valence-corrected chi connectivity index (χ0v) is 11.5. The summed E-state index contributed by atoms with van der Waals surface area (Å²) in [5.41, 5.74) is 3.61. The van der Waals surface area contributed by atoms with Crippen molar-refractivity contribution in [3.8, 4) is 0 Å². The fourth-order valence-corrected chi connectivity index (χ4v) is 2.55. The van der Waals surface area contributed by atoms with Crippen molar-refractivity contribution >= 4 is 29.1 Å². The predicted octanol–water partition coefficient (Wildman–Crippen LogP) is 3.83. The Hall–Kier alpha value is -2.55. The second-order valence-corrected chi connectivity index (χ2v) is 4.64. The van der Waals surface area contributed by atoms with Gasteiger partial charge in [-0.25, -0.2) is 0 Å². The highest BCUT2D eigenvalue weighted by atomic mass is 16.5. The van der Waals surface area contributed by atoms with E-state index in [2.05, 4.69) is 0 Å². The molecule has 0 aromatic heterocycles. The molecule has 0 N–H and O–H groups in total. The van der Waals surface area contributed by atoms with E-state index in [0.29, 0.717) is 0 Å². The lowest BCUT2D eigenvalue weighted by molar-refractivity contribution is -0.115. The van der Waals surface area contributed by atoms with Crippen LogP contribution in [0.15, 0.2) is 48.5 Å². The van der Waals surface area contributed by atoms with Gasteiger partial charge in [-0.15, -0.1) is 0 Å². The molecular weight excluding hydrogens is 250 g/mol. The van der Waals surface area contributed by atoms with Crippen LogP contribution in [0.4, 0.5) is 11.4 Å². The Morgan fingerprint density at radius 3 is 2.35 bits per heavy atom. The highest BCUT2D eigenvalue weighted by molar-refractivity contribution is 6.06. The first-order valence-corrected chi connectivity index (χ1v) is 6.47. The number of anilines is 2. The van der Waals surface area contributed by atoms with Crippen LogP contribution < -0.4 is 4.90 Å². The summed E-state index contributed by atoms with van der Waals surface area (Å²) in [6, 6.07) is 15.6. The van der Waals surface area contributed by atoms with Crippen molar-refractivity contribution in [3.05, 3.63) is 59.7 Å². The van der Waals surface area contributed by atoms with Crippen LogP contribution in [0.25, 0.3) is 11.8 Å². The predicted molar refractivity (Wildman–Crippen MR) is 80.6 cm³/mol. The minimum Gasteiger partial charge on any atom is -0.496 e. The molecule has 0 saturated heterocycles. The topological polar surface area (TPSA) is 29.5 Å². The van der Waals surface area contributed by atoms with Gasteiger partial charge in [0.1, 0.15) is 5.76 Å². The summed E-state index contributed by atoms with van der Waals surface area (Å²) in [5, 5.41) is 0. The maximum Gasteiger partial charge on any atom is 0.228 e. The van der Waals surface area contributed by atoms with Crippen molar-refractivity contribution in [1.29, 1.82) is 0 Å². The molecule has 1 amide bonds. The Morgan fingerprint density at radius 2 is 1.65 bits per heavy atom. The number of amides is 1. The summed E-state index contributed by atoms with van der Waals surface area (Å²) in [4.78, 5) is 13.9. The van der Waals surface area contributed by atoms with Crippen molar-refractivity contribution < 1.29 is 9.53 Å². The third-order valence-electron chi connectivity index (χ3n) is 3.41. The second kappa shape index (κ2) is 4.85. The van der Waals surface area contributed by atoms with Crippen LogP contribution in [0, 0.1) is 0 Å². The van der Waals surface area contributed by atoms with Crippen LogP contribution in [0.2, 0.25) is 0 Å². The number of fused-ring (bicyclic) bond motifs is 2. The molecule has 20 heavy (non-hydrogen) atoms. The van der Waals surface area contributed by atoms with Gasteiger partial charge in [-0.05, 0) is 24.3 Å². The summed E-state index contributed by atoms with van der Waals surface area (Å²) in [5.74, 6) is 0.743. The zero-order valence-electron chi connectivity index (χ0n) is 11.5. The summed E-state index contributed by atoms with van der Waals surface area (Å²) >= 11 is 0. The highest BCUT2D eigenvalue weighted by Crippen LogP contribution is 2.39. The molecule has 1 aliphatic heterocycles. The molecule has 3 heteroatoms. The Balaban J connectivity index is 2.35. The van der Waals surface area contributed by atoms with Gasteiger partial charge in [-0.1, -0.05) is 30.3 Å². The van der Waals surface area contributed by atoms with Crippen LogP contribution >= 0.6 is 0 Å². The van der Waals surface area contributed by atoms with Crippen LogP contribution in [-0.2, 0) is 9.53 Å². The van der Waals surface area contributed by atoms with E-state index >= 15 is 0 Å². The molecule has 1 aliphatic rings. The number of hydrogen-bond acceptors (Lipinski definition) is 2. The lowest BCUT2D eigenvalue weighted by atomic mass is 10.1. The number of ether oxygens (including phenoxy) is 1. The van der Waals surface area contributed by atoms with Crippen LogP contribution in [-0.4, -0.2) is 13.0 Å². The second-order valence-electron chi connectivity index (χ2n) is 4.64. The molecule has 0 spiro atoms. The lowest BCUT2D eigenvalue weighted by Gasteiger charge is -2.23. The molecule has 3 rings (SSSR count). The van der Waals surface area contributed by atoms with E-state index < -0.39 is 0 Å². The lowest BCUT2D eigenvalue weighted by Crippen LogP contribution is -2.23. The molecule has 0 fully saturated rings. The summed E-state index contributed by atoms with van der Waals surface area (Å²) in [6.45, 7) is 1.57. The quantitative estimate of drug-likeness (QED) is 0.784. The average molecular weight is 265 g/mol. The van der Waals surface area contributed by atoms with Crippen LogP contribution in [0.3, 0.4) is 0 Å². The first kappa shape index (κ1) is 12.5. The van der Waals surface area contributed by atoms with E-state index in [0.717, 1.165) is 28.3 Å². The molecule has 0 aliphatic carbocycles. The maximum absolute atomic E-state index is 12.1. The van der Waals surface area contributed by atoms with Gasteiger partial charge >= 0.3 is 0 Å². The minimum atomic E-state index is -0.0179. The molecule has 0 unspecified atom stereocenters. The number of carbonyl (C=O) groups excluding carboxylic acids is 1. The number of nitrogens with zero attached hydrogens (tertiary/aromatic N) is 1. The van der Waals surface area contributed by atoms with Gasteiger partial charge in [-0.2, -0.15) is 0 Å². The SMILES string of the molecule is COC1=Cc2ccccc2N(C(C)=O)c2ccccc21. The highest BCUT2D eigenvalue weighted by Gasteiger charge is 2.24. The van der Waals surface area contributed by atoms with Crippen molar-refractivity contribution in [2.75, 3.05) is 12.0 Å². The molecule has 0 radical (unpaired) electrons. The number of benzene rings is 2. The number of para-hydroxylation sites is 2. The van der Waals surface area contributed by atoms with Crippen molar-refractivity contribution in [3.63, 3.8) is 0 Å². The average Bonchev–Trinajstić information content (AvgIpc) is 2.61. The largest absolute Gasteiger partial charge is 0.496 e. The number of rotatable bonds is 1. The van der Waals surface area contributed by atoms with E-state index in [1.807, 2.05) is 54.6 Å². The molecule has 0 saturated carbocycles. The van der Waals surface area contributed by atoms with E-state index in [4.69, 9.17) is 4.74 Å². The van der Waals surface area contributed by atoms with Crippen LogP contribution in [0.5, 0.6) is 0 Å². The smallest absolute Gasteiger partial charge is 0.228 e. The molecule has 0 atom stereocenters. The number of carbonyl (C=O) groups is 1. The maximum atomic E-state index is 12.1. The molecular formula is C17H15NO2. The number of hydrogen-bond donors (Lipinski definition) is 0. The fourth-order valence-electron chi connectivity index (χ4n) is 2.55. The third kappa shape index (κ3) is 1.88. The van der Waals surface area contributed by atoms with Crippen molar-refractivity contribution in [2.45, 2.75) is 6.92 Å². The standard InChI is InChI=1S/C17H15NO2/c1-12(19)18-15-9-5-3-7-13(15)11-17(20-2)14-8-4-6-10-16(14)18/h3-11H,1-2H3. The Labute approximate surface area is 118 Å². The number of methoxy groups -OCH3 is 1. The van der Waals surface area contributed by atoms with Gasteiger partial charge < -0.3 is 4.74 Å². The van der Waals surface area contributed by atoms with Gasteiger partial charge in [-0.3, -0.25) is 9.69 Å². The van der Waals surface area contributed by atoms with Gasteiger partial charge in [0.25, 0.3) is 0 Å². The van der Waals surface area contributed by atoms with E-state index in [9.17, 15) is 4.79 Å². The molecule has 0 bridgehead atoms. The minimum absolute atomic E-state index is 0.0179. The molecule has 2 aromatic rings. The monoisotopic (exact) mass is 265 g/mol. The summed E-state index contributed by atoms with van der Waals surface area (Å²) < 4.78 is 5.51. The van der Waals surface area contributed by atoms with Crippen molar-refractivity contribution in [1.82, 2.24) is 0 Å². The first-order valence-electron chi connectivity index (χ1n) is 6.47. The van der Waals surface area contributed by atoms with Crippen LogP contribution in [0.1, 0.15) is 18.1 Å². The molecule has 1 heterocycles. The van der Waals surface area contributed by atoms with E-state index in [-0.39, 0.29) is 5.91 Å². The first-order chi connectivity index (χ1) is 9.72. The molecule has 100 valence electrons. The van der Waals surface area contributed by atoms with E-state index in [1.165, 1.54) is 0 Å². The van der Waals surface area contributed by atoms with Gasteiger partial charge in [0.15, 0.2) is 0 Å². The van der Waals surface area contributed by atoms with Gasteiger partial charge in [0.05, 0.1) is 18.5 Å². The Morgan fingerprint density at radius 1 is 1.00 bits per heavy atom. The third-order valence-corrected chi connectivity index (χ3v) is 3.41. The van der Waals surface area contributed by atoms with E-state index in [1.54, 1.807) is 18.9 Å². The summed E-state index contributed by atoms with van der Waals surface area (Å²) in [6.07, 6.45) is 1.97. The zero-order chi connectivity index (χ0) is 14.1. The molecule has 2 aromatic carbocycles. The Kier molecular flexibility index (Phi) is 3.03. The Bertz CT molecular complexity index is 704.